The number of halogens is 3. The van der Waals surface area contributed by atoms with Crippen molar-refractivity contribution in [1.29, 1.82) is 0 Å². The molecule has 7 aliphatic rings. The van der Waals surface area contributed by atoms with Crippen LogP contribution < -0.4 is 10.8 Å². The average Bonchev–Trinajstić information content (AvgIpc) is 4.38. The van der Waals surface area contributed by atoms with Crippen LogP contribution in [0.15, 0.2) is 87.5 Å². The van der Waals surface area contributed by atoms with Gasteiger partial charge in [-0.3, -0.25) is 0 Å². The number of hydrogen-bond acceptors (Lipinski definition) is 17. The van der Waals surface area contributed by atoms with Gasteiger partial charge in [0.05, 0.1) is 48.3 Å². The highest BCUT2D eigenvalue weighted by atomic mass is 127. The van der Waals surface area contributed by atoms with E-state index in [0.717, 1.165) is 65.1 Å². The van der Waals surface area contributed by atoms with E-state index in [9.17, 15) is 25.3 Å². The van der Waals surface area contributed by atoms with Crippen LogP contribution in [0.5, 0.6) is 0 Å². The molecular formula is C56H94B3ClI2N6O13S3. The zero-order valence-corrected chi connectivity index (χ0v) is 58.9. The third-order valence-electron chi connectivity index (χ3n) is 16.4. The predicted octanol–water partition coefficient (Wildman–Crippen LogP) is 7.57. The summed E-state index contributed by atoms with van der Waals surface area (Å²) in [4.78, 5) is 7.45. The third kappa shape index (κ3) is 21.0. The van der Waals surface area contributed by atoms with E-state index in [1.807, 2.05) is 109 Å². The van der Waals surface area contributed by atoms with Crippen LogP contribution in [0.3, 0.4) is 0 Å². The number of benzene rings is 3. The molecule has 7 aliphatic heterocycles. The summed E-state index contributed by atoms with van der Waals surface area (Å²) in [5.41, 5.74) is -1.44. The molecule has 0 spiro atoms. The second-order valence-electron chi connectivity index (χ2n) is 24.5. The lowest BCUT2D eigenvalue weighted by Gasteiger charge is -2.32. The molecule has 0 aliphatic carbocycles. The van der Waals surface area contributed by atoms with Crippen molar-refractivity contribution in [3.8, 4) is 0 Å². The lowest BCUT2D eigenvalue weighted by molar-refractivity contribution is 0.00578. The first kappa shape index (κ1) is 75.4. The van der Waals surface area contributed by atoms with Crippen LogP contribution in [-0.4, -0.2) is 216 Å². The largest absolute Gasteiger partial charge is 0.494 e. The molecule has 84 heavy (non-hydrogen) atoms. The van der Waals surface area contributed by atoms with Crippen LogP contribution in [0.25, 0.3) is 0 Å². The van der Waals surface area contributed by atoms with Gasteiger partial charge in [-0.05, 0) is 228 Å². The number of rotatable bonds is 7. The molecule has 0 radical (unpaired) electrons. The fraction of sp³-hybridized carbons (Fsp3) is 0.679. The van der Waals surface area contributed by atoms with Crippen LogP contribution in [0.2, 0.25) is 0 Å². The van der Waals surface area contributed by atoms with Gasteiger partial charge in [0.25, 0.3) is 9.05 Å². The summed E-state index contributed by atoms with van der Waals surface area (Å²) in [5.74, 6) is 0. The Balaban J connectivity index is 0.000000230. The summed E-state index contributed by atoms with van der Waals surface area (Å²) in [6.07, 6.45) is 2.56. The van der Waals surface area contributed by atoms with Crippen molar-refractivity contribution in [3.63, 3.8) is 0 Å². The molecule has 0 atom stereocenters. The molecule has 7 saturated heterocycles. The third-order valence-corrected chi connectivity index (χ3v) is 23.1. The van der Waals surface area contributed by atoms with Gasteiger partial charge in [-0.2, -0.15) is 8.61 Å². The van der Waals surface area contributed by atoms with Crippen molar-refractivity contribution < 1.29 is 57.9 Å². The number of hydrogen-bond donors (Lipinski definition) is 1. The molecule has 19 nitrogen and oxygen atoms in total. The number of ether oxygens (including phenoxy) is 1. The Bertz CT molecular complexity index is 2770. The van der Waals surface area contributed by atoms with Crippen molar-refractivity contribution in [2.24, 2.45) is 0 Å². The molecule has 0 aromatic heterocycles. The van der Waals surface area contributed by atoms with Gasteiger partial charge in [-0.25, -0.2) is 25.3 Å². The SMILES string of the molecule is C.C1CCOC1.CC1(C)OB(B2OC(C)(C)C(C)(C)O2)OC1(C)C.CN1CCN(S(=O)(=O)c2ccc(B3OC(C)(C)C(C)(C)O3)cc2)CC1.CN1CCN(S(=O)(=O)c2ccc(I)cc2)CC1.CN1CCNCC1.O=S(=O)(Cl)c1ccc(I)cc1. The molecule has 3 aromatic carbocycles. The van der Waals surface area contributed by atoms with Crippen LogP contribution in [0.4, 0.5) is 0 Å². The Labute approximate surface area is 538 Å². The zero-order chi connectivity index (χ0) is 62.0. The maximum absolute atomic E-state index is 12.8. The molecule has 0 unspecified atom stereocenters. The highest BCUT2D eigenvalue weighted by Crippen LogP contribution is 2.43. The number of nitrogens with one attached hydrogen (secondary N) is 1. The lowest BCUT2D eigenvalue weighted by Crippen LogP contribution is -2.47. The van der Waals surface area contributed by atoms with E-state index in [-0.39, 0.29) is 34.7 Å². The molecule has 474 valence electrons. The first-order valence-corrected chi connectivity index (χ1v) is 35.6. The van der Waals surface area contributed by atoms with E-state index < -0.39 is 61.4 Å². The maximum atomic E-state index is 12.8. The molecule has 0 bridgehead atoms. The van der Waals surface area contributed by atoms with Crippen molar-refractivity contribution >= 4 is 112 Å². The van der Waals surface area contributed by atoms with E-state index in [1.165, 1.54) is 38.1 Å². The molecule has 0 saturated carbocycles. The lowest BCUT2D eigenvalue weighted by atomic mass is 9.49. The van der Waals surface area contributed by atoms with E-state index in [2.05, 4.69) is 72.2 Å². The number of sulfonamides is 2. The Morgan fingerprint density at radius 3 is 1.00 bits per heavy atom. The summed E-state index contributed by atoms with van der Waals surface area (Å²) >= 11 is 4.25. The molecule has 3 aromatic rings. The summed E-state index contributed by atoms with van der Waals surface area (Å²) < 4.78 is 118. The molecule has 10 rings (SSSR count). The summed E-state index contributed by atoms with van der Waals surface area (Å²) in [6.45, 7) is 36.2. The van der Waals surface area contributed by atoms with E-state index in [0.29, 0.717) is 36.0 Å². The molecule has 1 N–H and O–H groups in total. The first-order valence-electron chi connectivity index (χ1n) is 28.3. The molecule has 7 heterocycles. The van der Waals surface area contributed by atoms with Crippen LogP contribution in [0, 0.1) is 7.14 Å². The standard InChI is InChI=1S/C17H27BN2O4S.C12H24B2O4.C11H15IN2O2S.C6H4ClIO2S.C5H12N2.C4H8O.CH4/c1-16(2)17(3,4)24-18(23-16)14-6-8-15(9-7-14)25(21,22)20-12-10-19(5)11-13-20;1-9(2)10(3,4)16-13(15-9)14-17-11(5,6)12(7,8)18-14;1-13-6-8-14(9-7-13)17(15,16)11-4-2-10(12)3-5-11;7-11(9,10)6-3-1-5(8)2-4-6;1-7-4-2-6-3-5-7;1-2-4-5-3-1;/h6-9H,10-13H2,1-5H3;1-8H3;2-5H,6-9H2,1H3;1-4H;6H,2-5H2,1H3;1-4H2;1H4. The van der Waals surface area contributed by atoms with Gasteiger partial charge in [-0.15, -0.1) is 0 Å². The predicted molar refractivity (Wildman–Crippen MR) is 355 cm³/mol. The number of nitrogens with zero attached hydrogens (tertiary/aromatic N) is 5. The van der Waals surface area contributed by atoms with E-state index in [4.69, 9.17) is 43.3 Å². The Morgan fingerprint density at radius 1 is 0.440 bits per heavy atom. The first-order chi connectivity index (χ1) is 38.3. The fourth-order valence-electron chi connectivity index (χ4n) is 8.62. The number of piperazine rings is 3. The Kier molecular flexibility index (Phi) is 28.1. The summed E-state index contributed by atoms with van der Waals surface area (Å²) in [7, 11) is -0.483. The Hall–Kier alpha value is -1.07. The van der Waals surface area contributed by atoms with E-state index in [1.54, 1.807) is 57.1 Å². The second-order valence-corrected chi connectivity index (χ2v) is 33.5. The smallest absolute Gasteiger partial charge is 0.405 e. The van der Waals surface area contributed by atoms with Crippen molar-refractivity contribution in [3.05, 3.63) is 79.9 Å². The fourth-order valence-corrected chi connectivity index (χ4v) is 13.0. The van der Waals surface area contributed by atoms with Gasteiger partial charge >= 0.3 is 21.1 Å². The highest BCUT2D eigenvalue weighted by Gasteiger charge is 2.64. The van der Waals surface area contributed by atoms with Crippen LogP contribution in [0.1, 0.15) is 103 Å². The number of likely N-dealkylation sites (N-methyl/N-ethyl adjacent to an activating group) is 3. The topological polar surface area (TPSA) is 195 Å². The van der Waals surface area contributed by atoms with Gasteiger partial charge in [-0.1, -0.05) is 19.6 Å². The molecular weight excluding hydrogens is 1380 g/mol. The highest BCUT2D eigenvalue weighted by molar-refractivity contribution is 14.1. The Morgan fingerprint density at radius 2 is 0.726 bits per heavy atom. The minimum absolute atomic E-state index is 0. The van der Waals surface area contributed by atoms with Crippen molar-refractivity contribution in [1.82, 2.24) is 28.6 Å². The minimum atomic E-state index is -3.55. The molecule has 28 heteroatoms. The normalized spacial score (nSPS) is 23.1. The maximum Gasteiger partial charge on any atom is 0.494 e. The van der Waals surface area contributed by atoms with Crippen LogP contribution in [-0.2, 0) is 61.8 Å². The van der Waals surface area contributed by atoms with Crippen LogP contribution >= 0.6 is 55.9 Å². The average molecular weight is 1480 g/mol. The monoisotopic (exact) mass is 1480 g/mol. The van der Waals surface area contributed by atoms with Gasteiger partial charge < -0.3 is 52.7 Å². The quantitative estimate of drug-likeness (QED) is 0.138. The van der Waals surface area contributed by atoms with Gasteiger partial charge in [0.1, 0.15) is 0 Å². The van der Waals surface area contributed by atoms with Gasteiger partial charge in [0, 0.05) is 110 Å². The minimum Gasteiger partial charge on any atom is -0.405 e. The summed E-state index contributed by atoms with van der Waals surface area (Å²) in [6, 6.07) is 20.2. The van der Waals surface area contributed by atoms with Gasteiger partial charge in [0.2, 0.25) is 20.0 Å². The van der Waals surface area contributed by atoms with Crippen molar-refractivity contribution in [2.45, 2.75) is 152 Å². The summed E-state index contributed by atoms with van der Waals surface area (Å²) in [5, 5.41) is 3.27. The zero-order valence-electron chi connectivity index (χ0n) is 51.4. The second kappa shape index (κ2) is 31.3. The van der Waals surface area contributed by atoms with Gasteiger partial charge in [0.15, 0.2) is 0 Å². The van der Waals surface area contributed by atoms with E-state index >= 15 is 0 Å². The molecule has 7 fully saturated rings. The molecule has 0 amide bonds. The van der Waals surface area contributed by atoms with Crippen molar-refractivity contribution in [2.75, 3.05) is 113 Å².